The van der Waals surface area contributed by atoms with Crippen molar-refractivity contribution in [3.05, 3.63) is 35.1 Å². The van der Waals surface area contributed by atoms with Crippen LogP contribution in [0.15, 0.2) is 18.2 Å². The van der Waals surface area contributed by atoms with Gasteiger partial charge in [-0.1, -0.05) is 18.6 Å². The van der Waals surface area contributed by atoms with Gasteiger partial charge in [0.05, 0.1) is 30.9 Å². The minimum absolute atomic E-state index is 0.0251. The van der Waals surface area contributed by atoms with Gasteiger partial charge >= 0.3 is 0 Å². The second-order valence-electron chi connectivity index (χ2n) is 6.24. The summed E-state index contributed by atoms with van der Waals surface area (Å²) < 4.78 is 19.8. The van der Waals surface area contributed by atoms with Crippen molar-refractivity contribution in [3.8, 4) is 0 Å². The summed E-state index contributed by atoms with van der Waals surface area (Å²) in [6, 6.07) is 4.72. The second kappa shape index (κ2) is 6.34. The molecule has 0 unspecified atom stereocenters. The number of morpholine rings is 1. The maximum atomic E-state index is 14.3. The minimum atomic E-state index is -0.454. The maximum absolute atomic E-state index is 14.3. The van der Waals surface area contributed by atoms with Gasteiger partial charge in [0.25, 0.3) is 5.91 Å². The highest BCUT2D eigenvalue weighted by Crippen LogP contribution is 2.33. The summed E-state index contributed by atoms with van der Waals surface area (Å²) in [4.78, 5) is 14.5. The number of ether oxygens (including phenoxy) is 1. The number of amides is 1. The second-order valence-corrected chi connectivity index (χ2v) is 6.24. The van der Waals surface area contributed by atoms with E-state index in [1.165, 1.54) is 6.07 Å². The van der Waals surface area contributed by atoms with Gasteiger partial charge in [0, 0.05) is 12.5 Å². The van der Waals surface area contributed by atoms with E-state index in [-0.39, 0.29) is 23.4 Å². The highest BCUT2D eigenvalue weighted by molar-refractivity contribution is 5.95. The Balaban J connectivity index is 1.87. The number of hydrogen-bond acceptors (Lipinski definition) is 3. The molecule has 2 aliphatic rings. The van der Waals surface area contributed by atoms with E-state index in [0.717, 1.165) is 19.3 Å². The third kappa shape index (κ3) is 2.75. The third-order valence-corrected chi connectivity index (χ3v) is 4.87. The predicted octanol–water partition coefficient (Wildman–Crippen LogP) is 2.14. The largest absolute Gasteiger partial charge is 0.393 e. The SMILES string of the molecule is Cc1cccc(C(=O)N2CCOC[C@@H]2[C@H]2CCC[C@H]2O)c1F. The fraction of sp³-hybridized carbons (Fsp3) is 0.588. The van der Waals surface area contributed by atoms with Crippen molar-refractivity contribution < 1.29 is 19.0 Å². The number of benzene rings is 1. The van der Waals surface area contributed by atoms with Crippen LogP contribution in [0.25, 0.3) is 0 Å². The van der Waals surface area contributed by atoms with Crippen molar-refractivity contribution in [1.82, 2.24) is 4.90 Å². The van der Waals surface area contributed by atoms with E-state index in [4.69, 9.17) is 4.74 Å². The van der Waals surface area contributed by atoms with E-state index in [0.29, 0.717) is 25.3 Å². The molecule has 2 fully saturated rings. The van der Waals surface area contributed by atoms with Crippen LogP contribution in [0.2, 0.25) is 0 Å². The first-order valence-corrected chi connectivity index (χ1v) is 7.91. The van der Waals surface area contributed by atoms with Crippen LogP contribution < -0.4 is 0 Å². The van der Waals surface area contributed by atoms with Crippen molar-refractivity contribution in [2.75, 3.05) is 19.8 Å². The molecule has 1 saturated carbocycles. The number of nitrogens with zero attached hydrogens (tertiary/aromatic N) is 1. The number of carbonyl (C=O) groups excluding carboxylic acids is 1. The Hall–Kier alpha value is -1.46. The number of aliphatic hydroxyl groups excluding tert-OH is 1. The molecule has 5 heteroatoms. The van der Waals surface area contributed by atoms with Gasteiger partial charge < -0.3 is 14.7 Å². The summed E-state index contributed by atoms with van der Waals surface area (Å²) >= 11 is 0. The lowest BCUT2D eigenvalue weighted by molar-refractivity contribution is -0.0385. The highest BCUT2D eigenvalue weighted by Gasteiger charge is 2.40. The topological polar surface area (TPSA) is 49.8 Å². The van der Waals surface area contributed by atoms with Gasteiger partial charge in [-0.15, -0.1) is 0 Å². The highest BCUT2D eigenvalue weighted by atomic mass is 19.1. The first-order valence-electron chi connectivity index (χ1n) is 7.91. The van der Waals surface area contributed by atoms with E-state index < -0.39 is 11.9 Å². The third-order valence-electron chi connectivity index (χ3n) is 4.87. The molecule has 1 saturated heterocycles. The number of halogens is 1. The van der Waals surface area contributed by atoms with Gasteiger partial charge in [-0.2, -0.15) is 0 Å². The summed E-state index contributed by atoms with van der Waals surface area (Å²) in [5.41, 5.74) is 0.580. The number of carbonyl (C=O) groups is 1. The Morgan fingerprint density at radius 2 is 2.23 bits per heavy atom. The van der Waals surface area contributed by atoms with Gasteiger partial charge in [0.15, 0.2) is 0 Å². The van der Waals surface area contributed by atoms with E-state index in [1.807, 2.05) is 0 Å². The summed E-state index contributed by atoms with van der Waals surface area (Å²) in [5.74, 6) is -0.726. The fourth-order valence-corrected chi connectivity index (χ4v) is 3.61. The van der Waals surface area contributed by atoms with Crippen LogP contribution in [0.5, 0.6) is 0 Å². The number of aliphatic hydroxyl groups is 1. The Labute approximate surface area is 129 Å². The fourth-order valence-electron chi connectivity index (χ4n) is 3.61. The van der Waals surface area contributed by atoms with E-state index in [9.17, 15) is 14.3 Å². The molecule has 3 atom stereocenters. The monoisotopic (exact) mass is 307 g/mol. The van der Waals surface area contributed by atoms with Gasteiger partial charge in [-0.05, 0) is 31.4 Å². The Morgan fingerprint density at radius 3 is 2.95 bits per heavy atom. The summed E-state index contributed by atoms with van der Waals surface area (Å²) in [5, 5.41) is 10.1. The van der Waals surface area contributed by atoms with Crippen LogP contribution in [0.4, 0.5) is 4.39 Å². The van der Waals surface area contributed by atoms with Crippen LogP contribution in [0.1, 0.15) is 35.2 Å². The Kier molecular flexibility index (Phi) is 4.45. The van der Waals surface area contributed by atoms with Crippen molar-refractivity contribution >= 4 is 5.91 Å². The van der Waals surface area contributed by atoms with Gasteiger partial charge in [-0.25, -0.2) is 4.39 Å². The molecule has 1 aliphatic heterocycles. The Morgan fingerprint density at radius 1 is 1.41 bits per heavy atom. The smallest absolute Gasteiger partial charge is 0.257 e. The molecule has 1 heterocycles. The molecule has 22 heavy (non-hydrogen) atoms. The standard InChI is InChI=1S/C17H22FNO3/c1-11-4-2-6-13(16(11)18)17(21)19-8-9-22-10-14(19)12-5-3-7-15(12)20/h2,4,6,12,14-15,20H,3,5,7-10H2,1H3/t12-,14-,15-/m1/s1. The average Bonchev–Trinajstić information content (AvgIpc) is 2.95. The normalized spacial score (nSPS) is 28.9. The van der Waals surface area contributed by atoms with Crippen LogP contribution in [-0.4, -0.2) is 47.8 Å². The maximum Gasteiger partial charge on any atom is 0.257 e. The van der Waals surface area contributed by atoms with E-state index in [1.54, 1.807) is 24.0 Å². The Bertz CT molecular complexity index is 563. The molecule has 0 bridgehead atoms. The molecule has 3 rings (SSSR count). The minimum Gasteiger partial charge on any atom is -0.393 e. The summed E-state index contributed by atoms with van der Waals surface area (Å²) in [7, 11) is 0. The van der Waals surface area contributed by atoms with Gasteiger partial charge in [0.1, 0.15) is 5.82 Å². The zero-order valence-corrected chi connectivity index (χ0v) is 12.8. The molecule has 0 radical (unpaired) electrons. The first-order chi connectivity index (χ1) is 10.6. The molecule has 1 aliphatic carbocycles. The van der Waals surface area contributed by atoms with E-state index in [2.05, 4.69) is 0 Å². The van der Waals surface area contributed by atoms with Crippen LogP contribution >= 0.6 is 0 Å². The molecule has 1 aromatic rings. The quantitative estimate of drug-likeness (QED) is 0.910. The van der Waals surface area contributed by atoms with Crippen molar-refractivity contribution in [2.45, 2.75) is 38.3 Å². The van der Waals surface area contributed by atoms with Gasteiger partial charge in [-0.3, -0.25) is 4.79 Å². The lowest BCUT2D eigenvalue weighted by Gasteiger charge is -2.40. The van der Waals surface area contributed by atoms with E-state index >= 15 is 0 Å². The molecular weight excluding hydrogens is 285 g/mol. The predicted molar refractivity (Wildman–Crippen MR) is 80.1 cm³/mol. The zero-order chi connectivity index (χ0) is 15.7. The van der Waals surface area contributed by atoms with Crippen LogP contribution in [0.3, 0.4) is 0 Å². The number of rotatable bonds is 2. The van der Waals surface area contributed by atoms with Gasteiger partial charge in [0.2, 0.25) is 0 Å². The van der Waals surface area contributed by atoms with Crippen LogP contribution in [0, 0.1) is 18.7 Å². The van der Waals surface area contributed by atoms with Crippen molar-refractivity contribution in [3.63, 3.8) is 0 Å². The lowest BCUT2D eigenvalue weighted by Crippen LogP contribution is -2.53. The lowest BCUT2D eigenvalue weighted by atomic mass is 9.93. The molecule has 1 aromatic carbocycles. The molecule has 1 N–H and O–H groups in total. The molecule has 1 amide bonds. The number of aryl methyl sites for hydroxylation is 1. The number of hydrogen-bond donors (Lipinski definition) is 1. The molecule has 120 valence electrons. The van der Waals surface area contributed by atoms with Crippen LogP contribution in [-0.2, 0) is 4.74 Å². The first kappa shape index (κ1) is 15.4. The molecule has 0 aromatic heterocycles. The zero-order valence-electron chi connectivity index (χ0n) is 12.8. The van der Waals surface area contributed by atoms with Crippen molar-refractivity contribution in [1.29, 1.82) is 0 Å². The molecule has 0 spiro atoms. The average molecular weight is 307 g/mol. The molecule has 4 nitrogen and oxygen atoms in total. The molecular formula is C17H22FNO3. The van der Waals surface area contributed by atoms with Crippen molar-refractivity contribution in [2.24, 2.45) is 5.92 Å². The summed E-state index contributed by atoms with van der Waals surface area (Å²) in [6.45, 7) is 2.98. The summed E-state index contributed by atoms with van der Waals surface area (Å²) in [6.07, 6.45) is 2.21.